The summed E-state index contributed by atoms with van der Waals surface area (Å²) >= 11 is 9.12. The highest BCUT2D eigenvalue weighted by molar-refractivity contribution is 9.10. The number of carbonyl (C=O) groups is 1. The molecule has 1 amide bonds. The van der Waals surface area contributed by atoms with E-state index in [-0.39, 0.29) is 11.7 Å². The second-order valence-electron chi connectivity index (χ2n) is 4.23. The highest BCUT2D eigenvalue weighted by atomic mass is 79.9. The predicted molar refractivity (Wildman–Crippen MR) is 89.9 cm³/mol. The number of benzene rings is 2. The number of hydrogen-bond donors (Lipinski definition) is 2. The van der Waals surface area contributed by atoms with E-state index in [0.29, 0.717) is 21.3 Å². The third kappa shape index (κ3) is 4.56. The van der Waals surface area contributed by atoms with E-state index in [2.05, 4.69) is 21.2 Å². The van der Waals surface area contributed by atoms with E-state index in [1.807, 2.05) is 0 Å². The number of nitrogens with one attached hydrogen (secondary N) is 1. The Morgan fingerprint density at radius 2 is 2.05 bits per heavy atom. The first-order valence-electron chi connectivity index (χ1n) is 5.94. The van der Waals surface area contributed by atoms with Crippen LogP contribution in [0.25, 0.3) is 0 Å². The summed E-state index contributed by atoms with van der Waals surface area (Å²) in [5, 5.41) is 3.17. The third-order valence-electron chi connectivity index (χ3n) is 2.59. The van der Waals surface area contributed by atoms with Crippen molar-refractivity contribution in [2.24, 2.45) is 0 Å². The molecule has 0 aliphatic rings. The van der Waals surface area contributed by atoms with Gasteiger partial charge in [0.25, 0.3) is 0 Å². The van der Waals surface area contributed by atoms with Crippen LogP contribution in [-0.4, -0.2) is 15.9 Å². The highest BCUT2D eigenvalue weighted by Gasteiger charge is 2.13. The molecule has 2 aromatic rings. The number of anilines is 2. The minimum atomic E-state index is -1.51. The summed E-state index contributed by atoms with van der Waals surface area (Å²) in [4.78, 5) is 12.3. The molecule has 0 aromatic heterocycles. The number of hydrogen-bond acceptors (Lipinski definition) is 3. The molecule has 3 N–H and O–H groups in total. The van der Waals surface area contributed by atoms with Gasteiger partial charge in [0.2, 0.25) is 5.91 Å². The minimum Gasteiger partial charge on any atom is -0.398 e. The zero-order valence-electron chi connectivity index (χ0n) is 10.8. The summed E-state index contributed by atoms with van der Waals surface area (Å²) in [5.74, 6) is -0.539. The van der Waals surface area contributed by atoms with Crippen LogP contribution in [0.15, 0.2) is 51.8 Å². The molecule has 0 radical (unpaired) electrons. The molecule has 7 heteroatoms. The van der Waals surface area contributed by atoms with Crippen LogP contribution in [-0.2, 0) is 15.6 Å². The van der Waals surface area contributed by atoms with Gasteiger partial charge in [0.05, 0.1) is 15.7 Å². The maximum absolute atomic E-state index is 12.2. The summed E-state index contributed by atoms with van der Waals surface area (Å²) in [5.41, 5.74) is 6.73. The third-order valence-corrected chi connectivity index (χ3v) is 4.69. The number of carbonyl (C=O) groups excluding carboxylic acids is 1. The molecular formula is C14H12BrClN2O2S. The fourth-order valence-electron chi connectivity index (χ4n) is 1.67. The summed E-state index contributed by atoms with van der Waals surface area (Å²) in [6.07, 6.45) is 0. The molecule has 0 aliphatic carbocycles. The van der Waals surface area contributed by atoms with Gasteiger partial charge in [-0.15, -0.1) is 0 Å². The van der Waals surface area contributed by atoms with Crippen LogP contribution in [0.3, 0.4) is 0 Å². The maximum Gasteiger partial charge on any atom is 0.237 e. The van der Waals surface area contributed by atoms with Crippen molar-refractivity contribution < 1.29 is 9.00 Å². The van der Waals surface area contributed by atoms with E-state index in [4.69, 9.17) is 17.3 Å². The van der Waals surface area contributed by atoms with Crippen molar-refractivity contribution in [1.82, 2.24) is 0 Å². The van der Waals surface area contributed by atoms with Crippen LogP contribution < -0.4 is 11.1 Å². The molecule has 0 bridgehead atoms. The first kappa shape index (κ1) is 16.0. The van der Waals surface area contributed by atoms with Gasteiger partial charge in [-0.05, 0) is 36.4 Å². The molecule has 0 spiro atoms. The van der Waals surface area contributed by atoms with Crippen LogP contribution in [0.1, 0.15) is 0 Å². The second kappa shape index (κ2) is 7.06. The summed E-state index contributed by atoms with van der Waals surface area (Å²) in [7, 11) is -1.51. The summed E-state index contributed by atoms with van der Waals surface area (Å²) in [6, 6.07) is 11.8. The van der Waals surface area contributed by atoms with Gasteiger partial charge in [-0.3, -0.25) is 9.00 Å². The topological polar surface area (TPSA) is 72.2 Å². The molecular weight excluding hydrogens is 376 g/mol. The summed E-state index contributed by atoms with van der Waals surface area (Å²) in [6.45, 7) is 0. The van der Waals surface area contributed by atoms with Gasteiger partial charge in [-0.25, -0.2) is 0 Å². The Morgan fingerprint density at radius 1 is 1.29 bits per heavy atom. The molecule has 2 aromatic carbocycles. The Hall–Kier alpha value is -1.37. The van der Waals surface area contributed by atoms with E-state index in [9.17, 15) is 9.00 Å². The van der Waals surface area contributed by atoms with Gasteiger partial charge < -0.3 is 11.1 Å². The minimum absolute atomic E-state index is 0.173. The average Bonchev–Trinajstić information content (AvgIpc) is 2.41. The molecule has 4 nitrogen and oxygen atoms in total. The molecule has 2 rings (SSSR count). The number of halogens is 2. The van der Waals surface area contributed by atoms with Gasteiger partial charge in [0.1, 0.15) is 5.75 Å². The average molecular weight is 388 g/mol. The molecule has 0 fully saturated rings. The zero-order chi connectivity index (χ0) is 15.4. The standard InChI is InChI=1S/C14H12BrClN2O2S/c15-9-4-5-12(17)13(6-9)21(20)8-14(19)18-11-3-1-2-10(16)7-11/h1-7H,8,17H2,(H,18,19). The first-order chi connectivity index (χ1) is 9.95. The maximum atomic E-state index is 12.2. The molecule has 110 valence electrons. The molecule has 0 aliphatic heterocycles. The van der Waals surface area contributed by atoms with E-state index in [1.54, 1.807) is 42.5 Å². The van der Waals surface area contributed by atoms with E-state index >= 15 is 0 Å². The van der Waals surface area contributed by atoms with Crippen molar-refractivity contribution >= 4 is 55.6 Å². The summed E-state index contributed by atoms with van der Waals surface area (Å²) < 4.78 is 13.0. The van der Waals surface area contributed by atoms with E-state index in [0.717, 1.165) is 4.47 Å². The van der Waals surface area contributed by atoms with Gasteiger partial charge >= 0.3 is 0 Å². The van der Waals surface area contributed by atoms with Crippen molar-refractivity contribution in [1.29, 1.82) is 0 Å². The smallest absolute Gasteiger partial charge is 0.237 e. The van der Waals surface area contributed by atoms with Crippen LogP contribution in [0.5, 0.6) is 0 Å². The monoisotopic (exact) mass is 386 g/mol. The highest BCUT2D eigenvalue weighted by Crippen LogP contribution is 2.22. The molecule has 21 heavy (non-hydrogen) atoms. The van der Waals surface area contributed by atoms with E-state index in [1.165, 1.54) is 0 Å². The number of nitrogens with two attached hydrogens (primary N) is 1. The number of rotatable bonds is 4. The molecule has 0 saturated heterocycles. The van der Waals surface area contributed by atoms with Crippen molar-refractivity contribution in [3.63, 3.8) is 0 Å². The lowest BCUT2D eigenvalue weighted by Gasteiger charge is -2.08. The van der Waals surface area contributed by atoms with Crippen molar-refractivity contribution in [3.8, 4) is 0 Å². The predicted octanol–water partition coefficient (Wildman–Crippen LogP) is 3.43. The van der Waals surface area contributed by atoms with Crippen molar-refractivity contribution in [3.05, 3.63) is 52.0 Å². The molecule has 0 saturated carbocycles. The largest absolute Gasteiger partial charge is 0.398 e. The lowest BCUT2D eigenvalue weighted by molar-refractivity contribution is -0.113. The van der Waals surface area contributed by atoms with Crippen LogP contribution in [0.4, 0.5) is 11.4 Å². The Kier molecular flexibility index (Phi) is 5.39. The van der Waals surface area contributed by atoms with Crippen LogP contribution in [0, 0.1) is 0 Å². The Balaban J connectivity index is 2.05. The van der Waals surface area contributed by atoms with Gasteiger partial charge in [-0.2, -0.15) is 0 Å². The van der Waals surface area contributed by atoms with E-state index < -0.39 is 10.8 Å². The molecule has 0 heterocycles. The first-order valence-corrected chi connectivity index (χ1v) is 8.43. The fraction of sp³-hybridized carbons (Fsp3) is 0.0714. The van der Waals surface area contributed by atoms with Crippen molar-refractivity contribution in [2.75, 3.05) is 16.8 Å². The fourth-order valence-corrected chi connectivity index (χ4v) is 3.42. The normalized spacial score (nSPS) is 11.9. The Labute approximate surface area is 138 Å². The Morgan fingerprint density at radius 3 is 2.76 bits per heavy atom. The number of nitrogen functional groups attached to an aromatic ring is 1. The lowest BCUT2D eigenvalue weighted by Crippen LogP contribution is -2.20. The second-order valence-corrected chi connectivity index (χ2v) is 7.00. The van der Waals surface area contributed by atoms with Gasteiger partial charge in [0, 0.05) is 20.9 Å². The van der Waals surface area contributed by atoms with Crippen LogP contribution in [0.2, 0.25) is 5.02 Å². The molecule has 1 unspecified atom stereocenters. The van der Waals surface area contributed by atoms with Crippen molar-refractivity contribution in [2.45, 2.75) is 4.90 Å². The van der Waals surface area contributed by atoms with Crippen LogP contribution >= 0.6 is 27.5 Å². The quantitative estimate of drug-likeness (QED) is 0.789. The van der Waals surface area contributed by atoms with Gasteiger partial charge in [-0.1, -0.05) is 33.6 Å². The SMILES string of the molecule is Nc1ccc(Br)cc1S(=O)CC(=O)Nc1cccc(Cl)c1. The van der Waals surface area contributed by atoms with Gasteiger partial charge in [0.15, 0.2) is 0 Å². The zero-order valence-corrected chi connectivity index (χ0v) is 14.0. The Bertz CT molecular complexity index is 709. The molecule has 1 atom stereocenters. The number of amides is 1. The lowest BCUT2D eigenvalue weighted by atomic mass is 10.3.